The molecule has 4 N–H and O–H groups in total. The number of anilines is 1. The van der Waals surface area contributed by atoms with E-state index in [0.29, 0.717) is 17.7 Å². The van der Waals surface area contributed by atoms with Crippen LogP contribution in [0.5, 0.6) is 0 Å². The van der Waals surface area contributed by atoms with Gasteiger partial charge in [0.1, 0.15) is 16.9 Å². The molecule has 1 aromatic carbocycles. The van der Waals surface area contributed by atoms with Crippen molar-refractivity contribution in [3.63, 3.8) is 0 Å². The van der Waals surface area contributed by atoms with Gasteiger partial charge in [-0.3, -0.25) is 4.79 Å². The van der Waals surface area contributed by atoms with Crippen LogP contribution >= 0.6 is 11.8 Å². The van der Waals surface area contributed by atoms with Crippen molar-refractivity contribution in [3.8, 4) is 0 Å². The smallest absolute Gasteiger partial charge is 0.341 e. The molecule has 2 aliphatic heterocycles. The van der Waals surface area contributed by atoms with Crippen molar-refractivity contribution in [3.05, 3.63) is 50.5 Å². The average molecular weight is 402 g/mol. The minimum atomic E-state index is -1.30. The summed E-state index contributed by atoms with van der Waals surface area (Å²) in [4.78, 5) is 27.0. The molecule has 1 atom stereocenters. The number of carbonyl (C=O) groups is 1. The number of carboxylic acid groups (broad SMARTS) is 1. The minimum absolute atomic E-state index is 0.0907. The molecule has 1 aliphatic carbocycles. The van der Waals surface area contributed by atoms with Gasteiger partial charge >= 0.3 is 5.97 Å². The first-order chi connectivity index (χ1) is 13.5. The average Bonchev–Trinajstić information content (AvgIpc) is 3.44. The molecule has 0 saturated heterocycles. The molecule has 146 valence electrons. The number of pyridine rings is 1. The molecule has 0 spiro atoms. The molecule has 1 unspecified atom stereocenters. The summed E-state index contributed by atoms with van der Waals surface area (Å²) in [6.07, 6.45) is 3.95. The molecule has 0 bridgehead atoms. The van der Waals surface area contributed by atoms with E-state index in [4.69, 9.17) is 5.73 Å². The van der Waals surface area contributed by atoms with Gasteiger partial charge in [-0.25, -0.2) is 9.18 Å². The van der Waals surface area contributed by atoms with Crippen LogP contribution in [0, 0.1) is 5.82 Å². The van der Waals surface area contributed by atoms with Crippen LogP contribution < -0.4 is 21.4 Å². The number of thioether (sulfide) groups is 1. The fourth-order valence-corrected chi connectivity index (χ4v) is 5.16. The summed E-state index contributed by atoms with van der Waals surface area (Å²) < 4.78 is 16.9. The largest absolute Gasteiger partial charge is 0.477 e. The molecule has 3 aliphatic rings. The normalized spacial score (nSPS) is 22.1. The Labute approximate surface area is 164 Å². The lowest BCUT2D eigenvalue weighted by Crippen LogP contribution is -2.37. The number of nitrogens with one attached hydrogen (secondary N) is 1. The molecule has 3 heterocycles. The maximum atomic E-state index is 15.1. The molecule has 9 heteroatoms. The summed E-state index contributed by atoms with van der Waals surface area (Å²) in [6, 6.07) is 2.94. The molecule has 7 nitrogen and oxygen atoms in total. The van der Waals surface area contributed by atoms with Crippen molar-refractivity contribution < 1.29 is 14.3 Å². The molecule has 2 aromatic rings. The van der Waals surface area contributed by atoms with Crippen LogP contribution in [0.3, 0.4) is 0 Å². The van der Waals surface area contributed by atoms with Gasteiger partial charge in [0.25, 0.3) is 0 Å². The molecule has 0 radical (unpaired) electrons. The van der Waals surface area contributed by atoms with Crippen molar-refractivity contribution in [2.24, 2.45) is 5.73 Å². The van der Waals surface area contributed by atoms with Gasteiger partial charge in [-0.15, -0.1) is 0 Å². The number of rotatable bonds is 3. The number of aromatic carboxylic acids is 1. The van der Waals surface area contributed by atoms with Crippen molar-refractivity contribution in [1.29, 1.82) is 0 Å². The van der Waals surface area contributed by atoms with Gasteiger partial charge < -0.3 is 25.6 Å². The van der Waals surface area contributed by atoms with E-state index in [0.717, 1.165) is 42.5 Å². The van der Waals surface area contributed by atoms with Gasteiger partial charge in [-0.05, 0) is 25.0 Å². The van der Waals surface area contributed by atoms with Crippen LogP contribution in [0.2, 0.25) is 0 Å². The summed E-state index contributed by atoms with van der Waals surface area (Å²) in [5, 5.41) is 12.8. The molecule has 28 heavy (non-hydrogen) atoms. The van der Waals surface area contributed by atoms with E-state index >= 15 is 4.39 Å². The fourth-order valence-electron chi connectivity index (χ4n) is 4.00. The Morgan fingerprint density at radius 1 is 1.36 bits per heavy atom. The number of halogens is 1. The highest BCUT2D eigenvalue weighted by atomic mass is 32.2. The summed E-state index contributed by atoms with van der Waals surface area (Å²) in [7, 11) is 0. The van der Waals surface area contributed by atoms with E-state index in [1.165, 1.54) is 18.0 Å². The van der Waals surface area contributed by atoms with E-state index < -0.39 is 22.7 Å². The van der Waals surface area contributed by atoms with Crippen LogP contribution in [0.25, 0.3) is 10.9 Å². The Kier molecular flexibility index (Phi) is 4.01. The summed E-state index contributed by atoms with van der Waals surface area (Å²) >= 11 is 1.51. The zero-order valence-corrected chi connectivity index (χ0v) is 15.8. The fraction of sp³-hybridized carbons (Fsp3) is 0.368. The summed E-state index contributed by atoms with van der Waals surface area (Å²) in [5.41, 5.74) is 6.76. The lowest BCUT2D eigenvalue weighted by molar-refractivity contribution is 0.0695. The quantitative estimate of drug-likeness (QED) is 0.723. The van der Waals surface area contributed by atoms with Gasteiger partial charge in [-0.1, -0.05) is 11.8 Å². The zero-order valence-electron chi connectivity index (χ0n) is 14.9. The highest BCUT2D eigenvalue weighted by Gasteiger charge is 2.35. The number of benzene rings is 1. The van der Waals surface area contributed by atoms with E-state index in [2.05, 4.69) is 5.32 Å². The Bertz CT molecular complexity index is 1110. The first-order valence-electron chi connectivity index (χ1n) is 9.21. The molecule has 1 saturated carbocycles. The second-order valence-electron chi connectivity index (χ2n) is 7.31. The van der Waals surface area contributed by atoms with E-state index in [9.17, 15) is 14.7 Å². The van der Waals surface area contributed by atoms with Crippen molar-refractivity contribution in [1.82, 2.24) is 9.88 Å². The van der Waals surface area contributed by atoms with Crippen LogP contribution in [0.4, 0.5) is 10.1 Å². The highest BCUT2D eigenvalue weighted by Crippen LogP contribution is 2.44. The van der Waals surface area contributed by atoms with Crippen LogP contribution in [0.1, 0.15) is 35.7 Å². The highest BCUT2D eigenvalue weighted by molar-refractivity contribution is 8.04. The van der Waals surface area contributed by atoms with Crippen molar-refractivity contribution in [2.75, 3.05) is 18.0 Å². The van der Waals surface area contributed by atoms with Gasteiger partial charge in [0, 0.05) is 47.7 Å². The topological polar surface area (TPSA) is 101 Å². The second-order valence-corrected chi connectivity index (χ2v) is 8.52. The van der Waals surface area contributed by atoms with E-state index in [1.54, 1.807) is 10.6 Å². The Morgan fingerprint density at radius 2 is 2.14 bits per heavy atom. The van der Waals surface area contributed by atoms with Gasteiger partial charge in [0.2, 0.25) is 5.43 Å². The lowest BCUT2D eigenvalue weighted by Gasteiger charge is -2.28. The lowest BCUT2D eigenvalue weighted by atomic mass is 10.1. The number of carboxylic acids is 1. The zero-order chi connectivity index (χ0) is 19.6. The van der Waals surface area contributed by atoms with Gasteiger partial charge in [0.15, 0.2) is 0 Å². The Balaban J connectivity index is 1.74. The Morgan fingerprint density at radius 3 is 2.86 bits per heavy atom. The van der Waals surface area contributed by atoms with E-state index in [1.807, 2.05) is 4.90 Å². The van der Waals surface area contributed by atoms with Gasteiger partial charge in [-0.2, -0.15) is 0 Å². The predicted molar refractivity (Wildman–Crippen MR) is 106 cm³/mol. The molecule has 5 rings (SSSR count). The molecular formula is C19H19FN4O3S. The first kappa shape index (κ1) is 17.7. The number of aromatic nitrogens is 1. The van der Waals surface area contributed by atoms with Crippen LogP contribution in [-0.2, 0) is 0 Å². The summed E-state index contributed by atoms with van der Waals surface area (Å²) in [6.45, 7) is 1.51. The predicted octanol–water partition coefficient (Wildman–Crippen LogP) is 2.17. The van der Waals surface area contributed by atoms with E-state index in [-0.39, 0.29) is 17.0 Å². The maximum Gasteiger partial charge on any atom is 0.341 e. The van der Waals surface area contributed by atoms with Crippen molar-refractivity contribution in [2.45, 2.75) is 30.8 Å². The second kappa shape index (κ2) is 6.33. The summed E-state index contributed by atoms with van der Waals surface area (Å²) in [5.74, 6) is -1.87. The number of nitrogens with two attached hydrogens (primary N) is 1. The maximum absolute atomic E-state index is 15.1. The number of fused-ring (bicyclic) bond motifs is 1. The van der Waals surface area contributed by atoms with Gasteiger partial charge in [0.05, 0.1) is 11.2 Å². The first-order valence-corrected chi connectivity index (χ1v) is 10.1. The third-order valence-electron chi connectivity index (χ3n) is 5.49. The van der Waals surface area contributed by atoms with Crippen LogP contribution in [-0.4, -0.2) is 34.2 Å². The molecule has 1 aromatic heterocycles. The minimum Gasteiger partial charge on any atom is -0.477 e. The standard InChI is InChI=1S/C19H19FN4O3S/c20-12-5-10-14(23(9-1-2-9)8-11(17(10)25)18(26)27)6-15(12)24-13-3-4-22-7-16(13)28-19(24)21/h5-6,8-9,19,22H,1-4,7,21H2,(H,26,27). The monoisotopic (exact) mass is 402 g/mol. The number of nitrogens with zero attached hydrogens (tertiary/aromatic N) is 2. The van der Waals surface area contributed by atoms with Crippen LogP contribution in [0.15, 0.2) is 33.7 Å². The molecular weight excluding hydrogens is 383 g/mol. The molecule has 0 amide bonds. The SMILES string of the molecule is NC1SC2=C(CCNC2)N1c1cc2c(cc1F)c(=O)c(C(=O)O)cn2C1CC1. The number of hydrogen-bond donors (Lipinski definition) is 3. The van der Waals surface area contributed by atoms with Crippen molar-refractivity contribution >= 4 is 34.3 Å². The molecule has 1 fully saturated rings. The third kappa shape index (κ3) is 2.65. The number of hydrogen-bond acceptors (Lipinski definition) is 6. The third-order valence-corrected chi connectivity index (χ3v) is 6.60. The Hall–Kier alpha value is -2.36.